The molecule has 0 saturated carbocycles. The zero-order valence-corrected chi connectivity index (χ0v) is 10.0. The van der Waals surface area contributed by atoms with Crippen LogP contribution in [0.1, 0.15) is 12.8 Å². The molecule has 0 aliphatic carbocycles. The van der Waals surface area contributed by atoms with Crippen molar-refractivity contribution in [2.75, 3.05) is 26.9 Å². The first-order chi connectivity index (χ1) is 6.81. The molecular weight excluding hydrogens is 218 g/mol. The Bertz CT molecular complexity index is 339. The maximum Gasteiger partial charge on any atom is 0.320 e. The summed E-state index contributed by atoms with van der Waals surface area (Å²) in [6.45, 7) is 0.601. The third-order valence-corrected chi connectivity index (χ3v) is 2.93. The lowest BCUT2D eigenvalue weighted by molar-refractivity contribution is 0.163. The Morgan fingerprint density at radius 2 is 2.07 bits per heavy atom. The van der Waals surface area contributed by atoms with Crippen LogP contribution < -0.4 is 4.72 Å². The fourth-order valence-electron chi connectivity index (χ4n) is 1.62. The molecule has 0 aromatic rings. The van der Waals surface area contributed by atoms with Crippen LogP contribution in [0.25, 0.3) is 0 Å². The molecule has 1 unspecified atom stereocenters. The average Bonchev–Trinajstić information content (AvgIpc) is 2.47. The summed E-state index contributed by atoms with van der Waals surface area (Å²) in [5.74, 6) is 0. The van der Waals surface area contributed by atoms with E-state index in [4.69, 9.17) is 0 Å². The number of amides is 2. The molecule has 6 nitrogen and oxygen atoms in total. The van der Waals surface area contributed by atoms with Gasteiger partial charge in [0.05, 0.1) is 12.4 Å². The number of nitrogens with one attached hydrogen (secondary N) is 1. The zero-order chi connectivity index (χ0) is 11.6. The van der Waals surface area contributed by atoms with E-state index in [2.05, 4.69) is 4.72 Å². The summed E-state index contributed by atoms with van der Waals surface area (Å²) in [7, 11) is 0.0398. The molecule has 1 rings (SSSR count). The van der Waals surface area contributed by atoms with E-state index in [1.54, 1.807) is 19.0 Å². The molecule has 15 heavy (non-hydrogen) atoms. The van der Waals surface area contributed by atoms with Crippen LogP contribution in [0.4, 0.5) is 4.79 Å². The number of hydrogen-bond donors (Lipinski definition) is 1. The molecule has 1 aliphatic heterocycles. The molecule has 1 fully saturated rings. The minimum Gasteiger partial charge on any atom is -0.331 e. The number of sulfonamides is 1. The van der Waals surface area contributed by atoms with Gasteiger partial charge >= 0.3 is 6.03 Å². The molecule has 1 saturated heterocycles. The van der Waals surface area contributed by atoms with E-state index in [1.165, 1.54) is 4.90 Å². The predicted molar refractivity (Wildman–Crippen MR) is 56.8 cm³/mol. The van der Waals surface area contributed by atoms with E-state index in [1.807, 2.05) is 0 Å². The van der Waals surface area contributed by atoms with Gasteiger partial charge in [-0.15, -0.1) is 0 Å². The summed E-state index contributed by atoms with van der Waals surface area (Å²) < 4.78 is 24.6. The van der Waals surface area contributed by atoms with Crippen LogP contribution in [-0.2, 0) is 10.0 Å². The molecule has 0 aromatic heterocycles. The van der Waals surface area contributed by atoms with Gasteiger partial charge in [-0.05, 0) is 12.8 Å². The Morgan fingerprint density at radius 3 is 2.53 bits per heavy atom. The summed E-state index contributed by atoms with van der Waals surface area (Å²) in [4.78, 5) is 14.6. The van der Waals surface area contributed by atoms with Crippen molar-refractivity contribution in [2.45, 2.75) is 19.0 Å². The Balaban J connectivity index is 2.69. The fraction of sp³-hybridized carbons (Fsp3) is 0.875. The van der Waals surface area contributed by atoms with E-state index < -0.39 is 16.2 Å². The van der Waals surface area contributed by atoms with E-state index in [9.17, 15) is 13.2 Å². The van der Waals surface area contributed by atoms with Gasteiger partial charge in [0.25, 0.3) is 0 Å². The van der Waals surface area contributed by atoms with Crippen molar-refractivity contribution in [2.24, 2.45) is 0 Å². The second-order valence-electron chi connectivity index (χ2n) is 3.92. The molecule has 1 atom stereocenters. The summed E-state index contributed by atoms with van der Waals surface area (Å²) in [6, 6.07) is -0.159. The third kappa shape index (κ3) is 3.35. The molecular formula is C8H17N3O3S. The van der Waals surface area contributed by atoms with E-state index in [-0.39, 0.29) is 6.03 Å². The van der Waals surface area contributed by atoms with Crippen LogP contribution in [0.2, 0.25) is 0 Å². The quantitative estimate of drug-likeness (QED) is 0.710. The minimum atomic E-state index is -3.26. The standard InChI is InChI=1S/C8H17N3O3S/c1-10(2)8(12)11-6-4-5-7(11)9-15(3,13)14/h7,9H,4-6H2,1-3H3. The van der Waals surface area contributed by atoms with Crippen LogP contribution >= 0.6 is 0 Å². The van der Waals surface area contributed by atoms with Crippen LogP contribution in [-0.4, -0.2) is 57.3 Å². The van der Waals surface area contributed by atoms with E-state index >= 15 is 0 Å². The molecule has 0 bridgehead atoms. The van der Waals surface area contributed by atoms with Gasteiger partial charge in [-0.1, -0.05) is 0 Å². The smallest absolute Gasteiger partial charge is 0.320 e. The minimum absolute atomic E-state index is 0.159. The van der Waals surface area contributed by atoms with Crippen molar-refractivity contribution in [1.82, 2.24) is 14.5 Å². The highest BCUT2D eigenvalue weighted by atomic mass is 32.2. The maximum absolute atomic E-state index is 11.7. The van der Waals surface area contributed by atoms with Gasteiger partial charge < -0.3 is 9.80 Å². The highest BCUT2D eigenvalue weighted by molar-refractivity contribution is 7.88. The topological polar surface area (TPSA) is 69.7 Å². The molecule has 1 heterocycles. The van der Waals surface area contributed by atoms with Gasteiger partial charge in [-0.3, -0.25) is 0 Å². The Hall–Kier alpha value is -0.820. The van der Waals surface area contributed by atoms with Gasteiger partial charge in [0.1, 0.15) is 0 Å². The van der Waals surface area contributed by atoms with Crippen LogP contribution in [0.15, 0.2) is 0 Å². The number of nitrogens with zero attached hydrogens (tertiary/aromatic N) is 2. The van der Waals surface area contributed by atoms with Crippen molar-refractivity contribution in [3.63, 3.8) is 0 Å². The van der Waals surface area contributed by atoms with Crippen LogP contribution in [0, 0.1) is 0 Å². The lowest BCUT2D eigenvalue weighted by Gasteiger charge is -2.27. The lowest BCUT2D eigenvalue weighted by Crippen LogP contribution is -2.49. The van der Waals surface area contributed by atoms with E-state index in [0.29, 0.717) is 13.0 Å². The van der Waals surface area contributed by atoms with Crippen LogP contribution in [0.3, 0.4) is 0 Å². The van der Waals surface area contributed by atoms with Crippen molar-refractivity contribution in [3.8, 4) is 0 Å². The van der Waals surface area contributed by atoms with E-state index in [0.717, 1.165) is 12.7 Å². The average molecular weight is 235 g/mol. The Kier molecular flexibility index (Phi) is 3.56. The lowest BCUT2D eigenvalue weighted by atomic mass is 10.3. The molecule has 7 heteroatoms. The largest absolute Gasteiger partial charge is 0.331 e. The second kappa shape index (κ2) is 4.36. The number of hydrogen-bond acceptors (Lipinski definition) is 3. The number of carbonyl (C=O) groups is 1. The normalized spacial score (nSPS) is 21.8. The number of rotatable bonds is 2. The molecule has 0 spiro atoms. The summed E-state index contributed by atoms with van der Waals surface area (Å²) in [5, 5.41) is 0. The molecule has 2 amide bonds. The molecule has 1 N–H and O–H groups in total. The van der Waals surface area contributed by atoms with Gasteiger partial charge in [0, 0.05) is 20.6 Å². The molecule has 1 aliphatic rings. The van der Waals surface area contributed by atoms with Crippen molar-refractivity contribution in [1.29, 1.82) is 0 Å². The number of likely N-dealkylation sites (tertiary alicyclic amines) is 1. The maximum atomic E-state index is 11.7. The number of carbonyl (C=O) groups excluding carboxylic acids is 1. The van der Waals surface area contributed by atoms with Gasteiger partial charge in [-0.2, -0.15) is 4.72 Å². The van der Waals surface area contributed by atoms with Gasteiger partial charge in [0.2, 0.25) is 10.0 Å². The first-order valence-corrected chi connectivity index (χ1v) is 6.65. The predicted octanol–water partition coefficient (Wildman–Crippen LogP) is -0.361. The highest BCUT2D eigenvalue weighted by Crippen LogP contribution is 2.16. The summed E-state index contributed by atoms with van der Waals surface area (Å²) in [5.41, 5.74) is 0. The van der Waals surface area contributed by atoms with Crippen molar-refractivity contribution < 1.29 is 13.2 Å². The monoisotopic (exact) mass is 235 g/mol. The highest BCUT2D eigenvalue weighted by Gasteiger charge is 2.31. The van der Waals surface area contributed by atoms with Crippen molar-refractivity contribution >= 4 is 16.1 Å². The first kappa shape index (κ1) is 12.3. The Morgan fingerprint density at radius 1 is 1.47 bits per heavy atom. The second-order valence-corrected chi connectivity index (χ2v) is 5.70. The van der Waals surface area contributed by atoms with Gasteiger partial charge in [-0.25, -0.2) is 13.2 Å². The van der Waals surface area contributed by atoms with Gasteiger partial charge in [0.15, 0.2) is 0 Å². The first-order valence-electron chi connectivity index (χ1n) is 4.76. The Labute approximate surface area is 90.3 Å². The molecule has 88 valence electrons. The summed E-state index contributed by atoms with van der Waals surface area (Å²) >= 11 is 0. The molecule has 0 aromatic carbocycles. The third-order valence-electron chi connectivity index (χ3n) is 2.23. The molecule has 0 radical (unpaired) electrons. The van der Waals surface area contributed by atoms with Crippen molar-refractivity contribution in [3.05, 3.63) is 0 Å². The summed E-state index contributed by atoms with van der Waals surface area (Å²) in [6.07, 6.45) is 2.21. The van der Waals surface area contributed by atoms with Crippen LogP contribution in [0.5, 0.6) is 0 Å². The SMILES string of the molecule is CN(C)C(=O)N1CCCC1NS(C)(=O)=O. The number of urea groups is 1. The fourth-order valence-corrected chi connectivity index (χ4v) is 2.36. The zero-order valence-electron chi connectivity index (χ0n) is 9.23.